The normalized spacial score (nSPS) is 16.3. The summed E-state index contributed by atoms with van der Waals surface area (Å²) in [5.41, 5.74) is 0.693. The standard InChI is InChI=1S/C10H16O/c1-5-6-10(4,8-11)7-9(2)3/h5-6,8H,2,7H2,1,3-4H3/b6-5-. The molecule has 0 saturated heterocycles. The van der Waals surface area contributed by atoms with Gasteiger partial charge in [0.15, 0.2) is 0 Å². The molecule has 0 aromatic carbocycles. The Kier molecular flexibility index (Phi) is 3.80. The van der Waals surface area contributed by atoms with Gasteiger partial charge in [0.2, 0.25) is 0 Å². The quantitative estimate of drug-likeness (QED) is 0.447. The molecule has 0 aliphatic rings. The molecule has 0 amide bonds. The predicted octanol–water partition coefficient (Wildman–Crippen LogP) is 2.73. The van der Waals surface area contributed by atoms with Crippen LogP contribution in [-0.4, -0.2) is 6.29 Å². The fourth-order valence-corrected chi connectivity index (χ4v) is 1.17. The van der Waals surface area contributed by atoms with Crippen molar-refractivity contribution in [2.75, 3.05) is 0 Å². The van der Waals surface area contributed by atoms with Crippen LogP contribution in [0, 0.1) is 5.41 Å². The van der Waals surface area contributed by atoms with Crippen molar-refractivity contribution in [2.45, 2.75) is 27.2 Å². The van der Waals surface area contributed by atoms with E-state index >= 15 is 0 Å². The lowest BCUT2D eigenvalue weighted by atomic mass is 9.85. The molecule has 1 nitrogen and oxygen atoms in total. The summed E-state index contributed by atoms with van der Waals surface area (Å²) in [6.07, 6.45) is 5.52. The van der Waals surface area contributed by atoms with Gasteiger partial charge in [-0.25, -0.2) is 0 Å². The summed E-state index contributed by atoms with van der Waals surface area (Å²) in [4.78, 5) is 10.7. The highest BCUT2D eigenvalue weighted by atomic mass is 16.1. The Hall–Kier alpha value is -0.850. The fraction of sp³-hybridized carbons (Fsp3) is 0.500. The van der Waals surface area contributed by atoms with Crippen molar-refractivity contribution in [3.05, 3.63) is 24.3 Å². The second-order valence-corrected chi connectivity index (χ2v) is 3.26. The van der Waals surface area contributed by atoms with Gasteiger partial charge in [-0.2, -0.15) is 0 Å². The van der Waals surface area contributed by atoms with Crippen LogP contribution in [0.25, 0.3) is 0 Å². The highest BCUT2D eigenvalue weighted by Crippen LogP contribution is 2.23. The van der Waals surface area contributed by atoms with Crippen LogP contribution >= 0.6 is 0 Å². The number of aldehydes is 1. The zero-order valence-corrected chi connectivity index (χ0v) is 7.55. The Bertz CT molecular complexity index is 179. The van der Waals surface area contributed by atoms with Gasteiger partial charge in [0.1, 0.15) is 6.29 Å². The maximum Gasteiger partial charge on any atom is 0.129 e. The topological polar surface area (TPSA) is 17.1 Å². The first kappa shape index (κ1) is 10.2. The van der Waals surface area contributed by atoms with Crippen molar-refractivity contribution in [1.29, 1.82) is 0 Å². The second-order valence-electron chi connectivity index (χ2n) is 3.26. The van der Waals surface area contributed by atoms with Crippen LogP contribution in [-0.2, 0) is 4.79 Å². The summed E-state index contributed by atoms with van der Waals surface area (Å²) in [6, 6.07) is 0. The summed E-state index contributed by atoms with van der Waals surface area (Å²) in [6.45, 7) is 9.54. The molecule has 0 aromatic rings. The van der Waals surface area contributed by atoms with Gasteiger partial charge in [-0.3, -0.25) is 0 Å². The molecule has 11 heavy (non-hydrogen) atoms. The van der Waals surface area contributed by atoms with Crippen LogP contribution in [0.3, 0.4) is 0 Å². The van der Waals surface area contributed by atoms with Crippen molar-refractivity contribution in [3.63, 3.8) is 0 Å². The molecule has 0 N–H and O–H groups in total. The van der Waals surface area contributed by atoms with E-state index in [0.717, 1.165) is 18.3 Å². The highest BCUT2D eigenvalue weighted by Gasteiger charge is 2.18. The van der Waals surface area contributed by atoms with E-state index in [4.69, 9.17) is 0 Å². The number of rotatable bonds is 4. The minimum atomic E-state index is -0.347. The lowest BCUT2D eigenvalue weighted by Gasteiger charge is -2.17. The number of allylic oxidation sites excluding steroid dienone is 3. The molecule has 0 heterocycles. The van der Waals surface area contributed by atoms with Crippen LogP contribution in [0.5, 0.6) is 0 Å². The van der Waals surface area contributed by atoms with E-state index in [-0.39, 0.29) is 5.41 Å². The van der Waals surface area contributed by atoms with Crippen LogP contribution in [0.2, 0.25) is 0 Å². The maximum atomic E-state index is 10.7. The molecule has 62 valence electrons. The van der Waals surface area contributed by atoms with E-state index < -0.39 is 0 Å². The van der Waals surface area contributed by atoms with Gasteiger partial charge >= 0.3 is 0 Å². The van der Waals surface area contributed by atoms with Crippen molar-refractivity contribution in [1.82, 2.24) is 0 Å². The van der Waals surface area contributed by atoms with Gasteiger partial charge in [0, 0.05) is 5.41 Å². The lowest BCUT2D eigenvalue weighted by molar-refractivity contribution is -0.113. The van der Waals surface area contributed by atoms with E-state index in [1.165, 1.54) is 0 Å². The summed E-state index contributed by atoms with van der Waals surface area (Å²) in [5.74, 6) is 0. The van der Waals surface area contributed by atoms with Gasteiger partial charge in [0.05, 0.1) is 0 Å². The monoisotopic (exact) mass is 152 g/mol. The van der Waals surface area contributed by atoms with E-state index in [9.17, 15) is 4.79 Å². The number of hydrogen-bond donors (Lipinski definition) is 0. The van der Waals surface area contributed by atoms with Gasteiger partial charge < -0.3 is 4.79 Å². The fourth-order valence-electron chi connectivity index (χ4n) is 1.17. The smallest absolute Gasteiger partial charge is 0.129 e. The van der Waals surface area contributed by atoms with E-state index in [1.807, 2.05) is 32.9 Å². The average Bonchev–Trinajstić information content (AvgIpc) is 1.87. The van der Waals surface area contributed by atoms with Gasteiger partial charge in [-0.05, 0) is 27.2 Å². The van der Waals surface area contributed by atoms with Crippen LogP contribution in [0.1, 0.15) is 27.2 Å². The van der Waals surface area contributed by atoms with Crippen LogP contribution in [0.4, 0.5) is 0 Å². The number of hydrogen-bond acceptors (Lipinski definition) is 1. The van der Waals surface area contributed by atoms with Crippen molar-refractivity contribution >= 4 is 6.29 Å². The first-order valence-corrected chi connectivity index (χ1v) is 3.78. The molecule has 0 aromatic heterocycles. The Morgan fingerprint density at radius 2 is 2.18 bits per heavy atom. The average molecular weight is 152 g/mol. The Morgan fingerprint density at radius 1 is 1.64 bits per heavy atom. The molecule has 0 radical (unpaired) electrons. The zero-order chi connectivity index (χ0) is 8.91. The summed E-state index contributed by atoms with van der Waals surface area (Å²) >= 11 is 0. The summed E-state index contributed by atoms with van der Waals surface area (Å²) < 4.78 is 0. The summed E-state index contributed by atoms with van der Waals surface area (Å²) in [7, 11) is 0. The Morgan fingerprint density at radius 3 is 2.45 bits per heavy atom. The minimum absolute atomic E-state index is 0.347. The lowest BCUT2D eigenvalue weighted by Crippen LogP contribution is -2.14. The largest absolute Gasteiger partial charge is 0.302 e. The van der Waals surface area contributed by atoms with Crippen molar-refractivity contribution < 1.29 is 4.79 Å². The molecule has 1 atom stereocenters. The molecule has 0 aliphatic carbocycles. The molecule has 0 aliphatic heterocycles. The Labute approximate surface area is 68.8 Å². The number of carbonyl (C=O) groups is 1. The minimum Gasteiger partial charge on any atom is -0.302 e. The van der Waals surface area contributed by atoms with Crippen molar-refractivity contribution in [2.24, 2.45) is 5.41 Å². The Balaban J connectivity index is 4.33. The first-order chi connectivity index (χ1) is 5.04. The van der Waals surface area contributed by atoms with Gasteiger partial charge in [0.25, 0.3) is 0 Å². The van der Waals surface area contributed by atoms with Gasteiger partial charge in [-0.1, -0.05) is 17.7 Å². The van der Waals surface area contributed by atoms with Crippen LogP contribution in [0.15, 0.2) is 24.3 Å². The molecule has 0 spiro atoms. The molecular formula is C10H16O. The molecule has 1 heteroatoms. The SMILES string of the molecule is C=C(C)CC(C)(C=O)/C=C\C. The third-order valence-electron chi connectivity index (χ3n) is 1.50. The number of carbonyl (C=O) groups excluding carboxylic acids is 1. The van der Waals surface area contributed by atoms with E-state index in [0.29, 0.717) is 0 Å². The van der Waals surface area contributed by atoms with Crippen molar-refractivity contribution in [3.8, 4) is 0 Å². The van der Waals surface area contributed by atoms with E-state index in [2.05, 4.69) is 6.58 Å². The van der Waals surface area contributed by atoms with Gasteiger partial charge in [-0.15, -0.1) is 6.58 Å². The third-order valence-corrected chi connectivity index (χ3v) is 1.50. The first-order valence-electron chi connectivity index (χ1n) is 3.78. The molecular weight excluding hydrogens is 136 g/mol. The molecule has 0 rings (SSSR count). The van der Waals surface area contributed by atoms with E-state index in [1.54, 1.807) is 0 Å². The predicted molar refractivity (Wildman–Crippen MR) is 48.4 cm³/mol. The molecule has 1 unspecified atom stereocenters. The van der Waals surface area contributed by atoms with Crippen LogP contribution < -0.4 is 0 Å². The summed E-state index contributed by atoms with van der Waals surface area (Å²) in [5, 5.41) is 0. The zero-order valence-electron chi connectivity index (χ0n) is 7.55. The molecule has 0 bridgehead atoms. The highest BCUT2D eigenvalue weighted by molar-refractivity contribution is 5.62. The molecule has 0 saturated carbocycles. The molecule has 0 fully saturated rings. The third kappa shape index (κ3) is 3.76. The second kappa shape index (κ2) is 4.12. The maximum absolute atomic E-state index is 10.7.